The Hall–Kier alpha value is -1.83. The van der Waals surface area contributed by atoms with Crippen molar-refractivity contribution in [3.05, 3.63) is 30.3 Å². The van der Waals surface area contributed by atoms with Crippen molar-refractivity contribution in [3.8, 4) is 5.75 Å². The number of carboxylic acids is 1. The van der Waals surface area contributed by atoms with Gasteiger partial charge in [0.15, 0.2) is 0 Å². The summed E-state index contributed by atoms with van der Waals surface area (Å²) in [4.78, 5) is 27.1. The maximum Gasteiger partial charge on any atom is 0.317 e. The van der Waals surface area contributed by atoms with E-state index in [1.807, 2.05) is 42.2 Å². The minimum atomic E-state index is -0.786. The van der Waals surface area contributed by atoms with Crippen LogP contribution < -0.4 is 10.1 Å². The highest BCUT2D eigenvalue weighted by Crippen LogP contribution is 2.16. The fourth-order valence-electron chi connectivity index (χ4n) is 3.25. The van der Waals surface area contributed by atoms with E-state index in [2.05, 4.69) is 10.2 Å². The number of amides is 1. The molecule has 1 heterocycles. The zero-order valence-corrected chi connectivity index (χ0v) is 16.6. The van der Waals surface area contributed by atoms with Crippen molar-refractivity contribution in [1.29, 1.82) is 0 Å². The molecule has 7 nitrogen and oxygen atoms in total. The summed E-state index contributed by atoms with van der Waals surface area (Å²) >= 11 is 0. The summed E-state index contributed by atoms with van der Waals surface area (Å²) in [6.07, 6.45) is 1.79. The van der Waals surface area contributed by atoms with E-state index in [0.29, 0.717) is 19.7 Å². The predicted octanol–water partition coefficient (Wildman–Crippen LogP) is 1.47. The number of ether oxygens (including phenoxy) is 1. The predicted molar refractivity (Wildman–Crippen MR) is 107 cm³/mol. The van der Waals surface area contributed by atoms with Crippen LogP contribution in [0.25, 0.3) is 0 Å². The summed E-state index contributed by atoms with van der Waals surface area (Å²) in [7, 11) is 0. The molecular formula is C19H30ClN3O4. The fourth-order valence-corrected chi connectivity index (χ4v) is 3.25. The van der Waals surface area contributed by atoms with Crippen LogP contribution >= 0.6 is 12.4 Å². The maximum atomic E-state index is 12.0. The molecule has 1 amide bonds. The molecule has 0 bridgehead atoms. The first kappa shape index (κ1) is 23.2. The normalized spacial score (nSPS) is 15.2. The molecular weight excluding hydrogens is 370 g/mol. The molecule has 2 rings (SSSR count). The quantitative estimate of drug-likeness (QED) is 0.580. The van der Waals surface area contributed by atoms with Gasteiger partial charge < -0.3 is 15.2 Å². The van der Waals surface area contributed by atoms with Gasteiger partial charge in [-0.2, -0.15) is 0 Å². The highest BCUT2D eigenvalue weighted by molar-refractivity contribution is 5.85. The maximum absolute atomic E-state index is 12.0. The summed E-state index contributed by atoms with van der Waals surface area (Å²) in [5, 5.41) is 11.9. The van der Waals surface area contributed by atoms with Crippen LogP contribution in [0.1, 0.15) is 19.8 Å². The molecule has 0 atom stereocenters. The second-order valence-electron chi connectivity index (χ2n) is 6.48. The molecule has 8 heteroatoms. The van der Waals surface area contributed by atoms with Crippen LogP contribution in [-0.4, -0.2) is 78.7 Å². The van der Waals surface area contributed by atoms with Crippen LogP contribution in [0.5, 0.6) is 5.75 Å². The average molecular weight is 400 g/mol. The van der Waals surface area contributed by atoms with E-state index in [9.17, 15) is 9.59 Å². The van der Waals surface area contributed by atoms with Crippen molar-refractivity contribution < 1.29 is 19.4 Å². The molecule has 1 aromatic rings. The molecule has 2 N–H and O–H groups in total. The standard InChI is InChI=1S/C19H29N3O4.ClH/c1-2-22(15-19(24)25)16-8-11-21(12-9-16)14-18(23)20-10-13-26-17-6-4-3-5-7-17;/h3-7,16H,2,8-15H2,1H3,(H,20,23)(H,24,25);1H. The highest BCUT2D eigenvalue weighted by Gasteiger charge is 2.25. The Kier molecular flexibility index (Phi) is 10.8. The van der Waals surface area contributed by atoms with Crippen molar-refractivity contribution >= 4 is 24.3 Å². The molecule has 0 saturated carbocycles. The molecule has 0 spiro atoms. The van der Waals surface area contributed by atoms with Crippen LogP contribution in [0.15, 0.2) is 30.3 Å². The molecule has 1 aliphatic heterocycles. The first-order chi connectivity index (χ1) is 12.6. The van der Waals surface area contributed by atoms with Gasteiger partial charge in [-0.15, -0.1) is 12.4 Å². The summed E-state index contributed by atoms with van der Waals surface area (Å²) in [6.45, 7) is 5.74. The van der Waals surface area contributed by atoms with Gasteiger partial charge in [-0.3, -0.25) is 19.4 Å². The van der Waals surface area contributed by atoms with Gasteiger partial charge in [-0.05, 0) is 31.5 Å². The summed E-state index contributed by atoms with van der Waals surface area (Å²) in [6, 6.07) is 9.81. The van der Waals surface area contributed by atoms with Gasteiger partial charge in [0.2, 0.25) is 5.91 Å². The SMILES string of the molecule is CCN(CC(=O)O)C1CCN(CC(=O)NCCOc2ccccc2)CC1.Cl. The van der Waals surface area contributed by atoms with Gasteiger partial charge in [0.25, 0.3) is 0 Å². The number of rotatable bonds is 10. The lowest BCUT2D eigenvalue weighted by molar-refractivity contribution is -0.139. The molecule has 0 aliphatic carbocycles. The molecule has 1 saturated heterocycles. The summed E-state index contributed by atoms with van der Waals surface area (Å²) in [5.41, 5.74) is 0. The van der Waals surface area contributed by atoms with Gasteiger partial charge in [0, 0.05) is 19.1 Å². The van der Waals surface area contributed by atoms with Crippen LogP contribution in [0.4, 0.5) is 0 Å². The lowest BCUT2D eigenvalue weighted by Crippen LogP contribution is -2.48. The molecule has 1 aromatic carbocycles. The second-order valence-corrected chi connectivity index (χ2v) is 6.48. The zero-order valence-electron chi connectivity index (χ0n) is 15.8. The molecule has 0 unspecified atom stereocenters. The largest absolute Gasteiger partial charge is 0.492 e. The van der Waals surface area contributed by atoms with E-state index >= 15 is 0 Å². The number of hydrogen-bond donors (Lipinski definition) is 2. The van der Waals surface area contributed by atoms with Crippen molar-refractivity contribution in [1.82, 2.24) is 15.1 Å². The molecule has 0 aromatic heterocycles. The molecule has 1 aliphatic rings. The molecule has 27 heavy (non-hydrogen) atoms. The van der Waals surface area contributed by atoms with Gasteiger partial charge >= 0.3 is 5.97 Å². The lowest BCUT2D eigenvalue weighted by atomic mass is 10.0. The number of likely N-dealkylation sites (N-methyl/N-ethyl adjacent to an activating group) is 1. The van der Waals surface area contributed by atoms with Crippen molar-refractivity contribution in [2.75, 3.05) is 45.9 Å². The van der Waals surface area contributed by atoms with Crippen LogP contribution in [-0.2, 0) is 9.59 Å². The highest BCUT2D eigenvalue weighted by atomic mass is 35.5. The molecule has 0 radical (unpaired) electrons. The zero-order chi connectivity index (χ0) is 18.8. The number of nitrogens with zero attached hydrogens (tertiary/aromatic N) is 2. The Morgan fingerprint density at radius 2 is 1.93 bits per heavy atom. The monoisotopic (exact) mass is 399 g/mol. The van der Waals surface area contributed by atoms with Gasteiger partial charge in [-0.25, -0.2) is 0 Å². The minimum Gasteiger partial charge on any atom is -0.492 e. The minimum absolute atomic E-state index is 0. The van der Waals surface area contributed by atoms with E-state index in [1.165, 1.54) is 0 Å². The third-order valence-electron chi connectivity index (χ3n) is 4.62. The third-order valence-corrected chi connectivity index (χ3v) is 4.62. The first-order valence-corrected chi connectivity index (χ1v) is 9.21. The first-order valence-electron chi connectivity index (χ1n) is 9.21. The molecule has 152 valence electrons. The van der Waals surface area contributed by atoms with Crippen molar-refractivity contribution in [2.45, 2.75) is 25.8 Å². The Balaban J connectivity index is 0.00000364. The number of piperidine rings is 1. The van der Waals surface area contributed by atoms with Gasteiger partial charge in [0.1, 0.15) is 12.4 Å². The number of aliphatic carboxylic acids is 1. The van der Waals surface area contributed by atoms with Gasteiger partial charge in [0.05, 0.1) is 19.6 Å². The number of halogens is 1. The van der Waals surface area contributed by atoms with Crippen LogP contribution in [0, 0.1) is 0 Å². The van der Waals surface area contributed by atoms with E-state index < -0.39 is 5.97 Å². The lowest BCUT2D eigenvalue weighted by Gasteiger charge is -2.37. The van der Waals surface area contributed by atoms with Crippen molar-refractivity contribution in [3.63, 3.8) is 0 Å². The van der Waals surface area contributed by atoms with E-state index in [1.54, 1.807) is 0 Å². The third kappa shape index (κ3) is 8.60. The van der Waals surface area contributed by atoms with Crippen LogP contribution in [0.3, 0.4) is 0 Å². The van der Waals surface area contributed by atoms with E-state index in [-0.39, 0.29) is 30.9 Å². The topological polar surface area (TPSA) is 82.1 Å². The smallest absolute Gasteiger partial charge is 0.317 e. The van der Waals surface area contributed by atoms with Crippen molar-refractivity contribution in [2.24, 2.45) is 0 Å². The van der Waals surface area contributed by atoms with E-state index in [0.717, 1.165) is 38.2 Å². The Morgan fingerprint density at radius 3 is 2.52 bits per heavy atom. The second kappa shape index (κ2) is 12.5. The Bertz CT molecular complexity index is 565. The van der Waals surface area contributed by atoms with Crippen LogP contribution in [0.2, 0.25) is 0 Å². The average Bonchev–Trinajstić information content (AvgIpc) is 2.65. The fraction of sp³-hybridized carbons (Fsp3) is 0.579. The van der Waals surface area contributed by atoms with Gasteiger partial charge in [-0.1, -0.05) is 25.1 Å². The number of hydrogen-bond acceptors (Lipinski definition) is 5. The van der Waals surface area contributed by atoms with E-state index in [4.69, 9.17) is 9.84 Å². The number of likely N-dealkylation sites (tertiary alicyclic amines) is 1. The number of nitrogens with one attached hydrogen (secondary N) is 1. The Labute approximate surface area is 167 Å². The molecule has 1 fully saturated rings. The summed E-state index contributed by atoms with van der Waals surface area (Å²) < 4.78 is 5.55. The number of carbonyl (C=O) groups excluding carboxylic acids is 1. The number of carbonyl (C=O) groups is 2. The number of para-hydroxylation sites is 1. The Morgan fingerprint density at radius 1 is 1.26 bits per heavy atom. The number of benzene rings is 1. The summed E-state index contributed by atoms with van der Waals surface area (Å²) in [5.74, 6) is 0.00929. The number of carboxylic acid groups (broad SMARTS) is 1.